The van der Waals surface area contributed by atoms with Crippen LogP contribution >= 0.6 is 11.8 Å². The second-order valence-corrected chi connectivity index (χ2v) is 10.8. The molecule has 3 N–H and O–H groups in total. The number of thioether (sulfide) groups is 1. The lowest BCUT2D eigenvalue weighted by Crippen LogP contribution is -2.37. The number of carbonyl (C=O) groups excluding carboxylic acids is 1. The molecule has 10 heteroatoms. The molecule has 0 spiro atoms. The minimum Gasteiger partial charge on any atom is -0.502 e. The molecule has 0 unspecified atom stereocenters. The van der Waals surface area contributed by atoms with Crippen LogP contribution in [0.5, 0.6) is 5.75 Å². The van der Waals surface area contributed by atoms with Crippen molar-refractivity contribution in [2.24, 2.45) is 5.41 Å². The minimum absolute atomic E-state index is 0.116. The van der Waals surface area contributed by atoms with Crippen LogP contribution in [0.2, 0.25) is 0 Å². The Bertz CT molecular complexity index is 1230. The number of aromatic amines is 1. The van der Waals surface area contributed by atoms with Gasteiger partial charge in [0.1, 0.15) is 5.82 Å². The van der Waals surface area contributed by atoms with E-state index in [0.717, 1.165) is 0 Å². The van der Waals surface area contributed by atoms with E-state index in [2.05, 4.69) is 15.3 Å². The highest BCUT2D eigenvalue weighted by Gasteiger charge is 2.42. The average Bonchev–Trinajstić information content (AvgIpc) is 2.65. The molecular formula is C22H24N4O5S. The van der Waals surface area contributed by atoms with Gasteiger partial charge in [-0.05, 0) is 23.5 Å². The predicted octanol–water partition coefficient (Wildman–Crippen LogP) is 4.08. The van der Waals surface area contributed by atoms with Crippen LogP contribution in [0.4, 0.5) is 11.5 Å². The highest BCUT2D eigenvalue weighted by atomic mass is 32.2. The quantitative estimate of drug-likeness (QED) is 0.271. The second-order valence-electron chi connectivity index (χ2n) is 9.20. The Balaban J connectivity index is 1.97. The van der Waals surface area contributed by atoms with E-state index < -0.39 is 27.8 Å². The van der Waals surface area contributed by atoms with E-state index >= 15 is 0 Å². The first-order valence-electron chi connectivity index (χ1n) is 10.3. The van der Waals surface area contributed by atoms with E-state index in [-0.39, 0.29) is 22.0 Å². The van der Waals surface area contributed by atoms with Crippen LogP contribution in [-0.4, -0.2) is 31.0 Å². The number of nitro benzene ring substituents is 1. The van der Waals surface area contributed by atoms with E-state index in [9.17, 15) is 24.8 Å². The molecule has 2 aliphatic rings. The molecule has 2 heterocycles. The number of benzene rings is 1. The summed E-state index contributed by atoms with van der Waals surface area (Å²) >= 11 is 1.41. The molecule has 0 radical (unpaired) electrons. The number of aromatic hydroxyl groups is 1. The van der Waals surface area contributed by atoms with Crippen LogP contribution in [0.3, 0.4) is 0 Å². The van der Waals surface area contributed by atoms with Gasteiger partial charge in [0.2, 0.25) is 0 Å². The van der Waals surface area contributed by atoms with Crippen LogP contribution in [0.15, 0.2) is 39.4 Å². The van der Waals surface area contributed by atoms with Crippen LogP contribution < -0.4 is 10.9 Å². The zero-order valence-corrected chi connectivity index (χ0v) is 19.0. The van der Waals surface area contributed by atoms with Gasteiger partial charge in [-0.15, -0.1) is 0 Å². The van der Waals surface area contributed by atoms with Crippen LogP contribution in [0.25, 0.3) is 0 Å². The number of phenolic OH excluding ortho intramolecular Hbond substituents is 1. The van der Waals surface area contributed by atoms with Crippen molar-refractivity contribution in [1.82, 2.24) is 9.97 Å². The molecule has 9 nitrogen and oxygen atoms in total. The van der Waals surface area contributed by atoms with Crippen molar-refractivity contribution in [3.63, 3.8) is 0 Å². The third-order valence-electron chi connectivity index (χ3n) is 5.58. The Morgan fingerprint density at radius 2 is 2.00 bits per heavy atom. The SMILES string of the molecule is CC(C)Sc1nc2c(c(=O)[nH]1)[C@H](c1ccc(O)c([N+](=O)[O-])c1)C1=C(CC(C)(C)CC1=O)N2. The third kappa shape index (κ3) is 3.90. The number of phenols is 1. The van der Waals surface area contributed by atoms with Crippen molar-refractivity contribution in [1.29, 1.82) is 0 Å². The smallest absolute Gasteiger partial charge is 0.310 e. The maximum atomic E-state index is 13.2. The number of carbonyl (C=O) groups is 1. The number of rotatable bonds is 4. The van der Waals surface area contributed by atoms with Gasteiger partial charge in [0.15, 0.2) is 16.7 Å². The lowest BCUT2D eigenvalue weighted by atomic mass is 9.69. The van der Waals surface area contributed by atoms with Crippen LogP contribution in [-0.2, 0) is 4.79 Å². The van der Waals surface area contributed by atoms with Crippen LogP contribution in [0, 0.1) is 15.5 Å². The van der Waals surface area contributed by atoms with Crippen molar-refractivity contribution in [2.45, 2.75) is 56.9 Å². The van der Waals surface area contributed by atoms with Crippen molar-refractivity contribution in [3.8, 4) is 5.75 Å². The summed E-state index contributed by atoms with van der Waals surface area (Å²) < 4.78 is 0. The lowest BCUT2D eigenvalue weighted by Gasteiger charge is -2.38. The summed E-state index contributed by atoms with van der Waals surface area (Å²) in [5, 5.41) is 25.2. The summed E-state index contributed by atoms with van der Waals surface area (Å²) in [7, 11) is 0. The molecule has 0 saturated heterocycles. The number of fused-ring (bicyclic) bond motifs is 1. The first-order valence-corrected chi connectivity index (χ1v) is 11.2. The normalized spacial score (nSPS) is 19.4. The van der Waals surface area contributed by atoms with Crippen molar-refractivity contribution < 1.29 is 14.8 Å². The van der Waals surface area contributed by atoms with Gasteiger partial charge in [-0.1, -0.05) is 45.5 Å². The Morgan fingerprint density at radius 1 is 1.28 bits per heavy atom. The molecule has 0 amide bonds. The molecule has 2 aromatic rings. The summed E-state index contributed by atoms with van der Waals surface area (Å²) in [6, 6.07) is 3.95. The molecular weight excluding hydrogens is 432 g/mol. The van der Waals surface area contributed by atoms with E-state index in [0.29, 0.717) is 40.6 Å². The Kier molecular flexibility index (Phi) is 5.36. The molecule has 32 heavy (non-hydrogen) atoms. The Hall–Kier alpha value is -3.14. The highest BCUT2D eigenvalue weighted by molar-refractivity contribution is 7.99. The Morgan fingerprint density at radius 3 is 2.66 bits per heavy atom. The molecule has 4 rings (SSSR count). The largest absolute Gasteiger partial charge is 0.502 e. The van der Waals surface area contributed by atoms with Gasteiger partial charge in [0.05, 0.1) is 10.5 Å². The van der Waals surface area contributed by atoms with E-state index in [1.165, 1.54) is 30.0 Å². The molecule has 1 atom stereocenters. The van der Waals surface area contributed by atoms with Gasteiger partial charge in [-0.3, -0.25) is 19.7 Å². The average molecular weight is 457 g/mol. The lowest BCUT2D eigenvalue weighted by molar-refractivity contribution is -0.385. The fourth-order valence-corrected chi connectivity index (χ4v) is 5.11. The van der Waals surface area contributed by atoms with Crippen molar-refractivity contribution in [2.75, 3.05) is 5.32 Å². The molecule has 1 aliphatic heterocycles. The first kappa shape index (κ1) is 22.1. The standard InChI is InChI=1S/C22H24N4O5S/c1-10(2)32-21-24-19-18(20(29)25-21)16(11-5-6-14(27)13(7-11)26(30)31)17-12(23-19)8-22(3,4)9-15(17)28/h5-7,10,16,27H,8-9H2,1-4H3,(H2,23,24,25,29)/t16-/m1/s1. The molecule has 168 valence electrons. The molecule has 0 fully saturated rings. The van der Waals surface area contributed by atoms with E-state index in [1.54, 1.807) is 0 Å². The number of aromatic nitrogens is 2. The summed E-state index contributed by atoms with van der Waals surface area (Å²) in [5.41, 5.74) is 0.564. The molecule has 0 bridgehead atoms. The van der Waals surface area contributed by atoms with Gasteiger partial charge in [-0.2, -0.15) is 0 Å². The van der Waals surface area contributed by atoms with Crippen LogP contribution in [0.1, 0.15) is 57.6 Å². The van der Waals surface area contributed by atoms with Gasteiger partial charge >= 0.3 is 5.69 Å². The molecule has 1 aliphatic carbocycles. The summed E-state index contributed by atoms with van der Waals surface area (Å²) in [5.74, 6) is -1.07. The monoisotopic (exact) mass is 456 g/mol. The maximum Gasteiger partial charge on any atom is 0.310 e. The second kappa shape index (κ2) is 7.77. The first-order chi connectivity index (χ1) is 15.0. The number of nitro groups is 1. The van der Waals surface area contributed by atoms with E-state index in [1.807, 2.05) is 27.7 Å². The predicted molar refractivity (Wildman–Crippen MR) is 121 cm³/mol. The number of nitrogens with one attached hydrogen (secondary N) is 2. The highest BCUT2D eigenvalue weighted by Crippen LogP contribution is 2.48. The number of nitrogens with zero attached hydrogens (tertiary/aromatic N) is 2. The molecule has 1 aromatic heterocycles. The van der Waals surface area contributed by atoms with E-state index in [4.69, 9.17) is 0 Å². The fourth-order valence-electron chi connectivity index (χ4n) is 4.37. The van der Waals surface area contributed by atoms with Gasteiger partial charge in [0.25, 0.3) is 5.56 Å². The summed E-state index contributed by atoms with van der Waals surface area (Å²) in [6.07, 6.45) is 0.872. The summed E-state index contributed by atoms with van der Waals surface area (Å²) in [6.45, 7) is 7.97. The molecule has 1 aromatic carbocycles. The number of hydrogen-bond donors (Lipinski definition) is 3. The van der Waals surface area contributed by atoms with Gasteiger partial charge in [0, 0.05) is 34.9 Å². The van der Waals surface area contributed by atoms with Gasteiger partial charge < -0.3 is 15.4 Å². The Labute approximate surface area is 188 Å². The number of allylic oxidation sites excluding steroid dienone is 2. The number of Topliss-reactive ketones (excluding diaryl/α,β-unsaturated/α-hetero) is 1. The van der Waals surface area contributed by atoms with Gasteiger partial charge in [-0.25, -0.2) is 4.98 Å². The zero-order chi connectivity index (χ0) is 23.4. The molecule has 0 saturated carbocycles. The number of ketones is 1. The topological polar surface area (TPSA) is 138 Å². The number of H-pyrrole nitrogens is 1. The van der Waals surface area contributed by atoms with Crippen molar-refractivity contribution >= 4 is 29.1 Å². The van der Waals surface area contributed by atoms with Crippen molar-refractivity contribution in [3.05, 3.63) is 61.1 Å². The summed E-state index contributed by atoms with van der Waals surface area (Å²) in [4.78, 5) is 44.5. The minimum atomic E-state index is -0.821. The zero-order valence-electron chi connectivity index (χ0n) is 18.2. The fraction of sp³-hybridized carbons (Fsp3) is 0.409. The number of hydrogen-bond acceptors (Lipinski definition) is 8. The number of anilines is 1. The maximum absolute atomic E-state index is 13.2. The third-order valence-corrected chi connectivity index (χ3v) is 6.47.